The van der Waals surface area contributed by atoms with Gasteiger partial charge in [-0.15, -0.1) is 10.2 Å². The first kappa shape index (κ1) is 23.6. The second-order valence-corrected chi connectivity index (χ2v) is 12.2. The van der Waals surface area contributed by atoms with Gasteiger partial charge in [0.1, 0.15) is 10.3 Å². The molecule has 0 spiro atoms. The van der Waals surface area contributed by atoms with E-state index < -0.39 is 10.3 Å². The molecule has 0 atom stereocenters. The van der Waals surface area contributed by atoms with Crippen LogP contribution in [0.15, 0.2) is 71.9 Å². The Bertz CT molecular complexity index is 1380. The van der Waals surface area contributed by atoms with Crippen LogP contribution in [-0.2, 0) is 9.53 Å². The number of rotatable bonds is 6. The van der Waals surface area contributed by atoms with E-state index in [-0.39, 0.29) is 5.97 Å². The molecule has 1 heterocycles. The maximum absolute atomic E-state index is 13.0. The predicted octanol–water partition coefficient (Wildman–Crippen LogP) is 7.18. The van der Waals surface area contributed by atoms with Crippen LogP contribution in [0.4, 0.5) is 0 Å². The molecule has 5 nitrogen and oxygen atoms in total. The van der Waals surface area contributed by atoms with Crippen molar-refractivity contribution in [1.29, 1.82) is 0 Å². The fourth-order valence-corrected chi connectivity index (χ4v) is 5.19. The topological polar surface area (TPSA) is 57.0 Å². The second-order valence-electron chi connectivity index (χ2n) is 10.6. The Morgan fingerprint density at radius 1 is 0.886 bits per heavy atom. The first-order valence-corrected chi connectivity index (χ1v) is 12.9. The number of aromatic nitrogens is 3. The van der Waals surface area contributed by atoms with Gasteiger partial charge in [0, 0.05) is 10.9 Å². The van der Waals surface area contributed by atoms with Crippen LogP contribution in [0.5, 0.6) is 0 Å². The van der Waals surface area contributed by atoms with Crippen LogP contribution in [-0.4, -0.2) is 31.1 Å². The molecule has 1 aliphatic rings. The quantitative estimate of drug-likeness (QED) is 0.214. The lowest BCUT2D eigenvalue weighted by atomic mass is 9.99. The number of carbonyl (C=O) groups excluding carboxylic acids is 1. The molecule has 1 saturated carbocycles. The van der Waals surface area contributed by atoms with Gasteiger partial charge in [0.15, 0.2) is 11.0 Å². The Hall–Kier alpha value is -3.12. The summed E-state index contributed by atoms with van der Waals surface area (Å²) < 4.78 is 6.95. The lowest BCUT2D eigenvalue weighted by Gasteiger charge is -2.27. The Morgan fingerprint density at radius 3 is 2.20 bits per heavy atom. The molecular formula is C29H31N3O2S. The van der Waals surface area contributed by atoms with Crippen molar-refractivity contribution < 1.29 is 9.53 Å². The number of hydrogen-bond acceptors (Lipinski definition) is 5. The molecular weight excluding hydrogens is 454 g/mol. The molecule has 3 aromatic carbocycles. The zero-order valence-electron chi connectivity index (χ0n) is 20.9. The van der Waals surface area contributed by atoms with E-state index in [0.29, 0.717) is 11.1 Å². The van der Waals surface area contributed by atoms with E-state index in [1.807, 2.05) is 65.0 Å². The van der Waals surface area contributed by atoms with Crippen LogP contribution in [0.25, 0.3) is 27.8 Å². The number of hydrogen-bond donors (Lipinski definition) is 0. The van der Waals surface area contributed by atoms with Gasteiger partial charge < -0.3 is 4.74 Å². The van der Waals surface area contributed by atoms with Crippen LogP contribution in [0, 0.1) is 0 Å². The third kappa shape index (κ3) is 4.85. The monoisotopic (exact) mass is 485 g/mol. The van der Waals surface area contributed by atoms with Crippen LogP contribution in [0.2, 0.25) is 0 Å². The van der Waals surface area contributed by atoms with E-state index in [1.165, 1.54) is 35.6 Å². The standard InChI is InChI=1S/C29H31N3O2S/c1-28(2,3)34-26(33)29(4,5)35-27-31-30-25(20-11-7-6-8-12-20)32(27)24-18-17-21(19-15-16-19)22-13-9-10-14-23(22)24/h6-14,17-19H,15-16H2,1-5H3. The molecule has 1 fully saturated rings. The largest absolute Gasteiger partial charge is 0.459 e. The van der Waals surface area contributed by atoms with Gasteiger partial charge in [0.25, 0.3) is 0 Å². The molecule has 0 bridgehead atoms. The minimum Gasteiger partial charge on any atom is -0.459 e. The summed E-state index contributed by atoms with van der Waals surface area (Å²) in [5.41, 5.74) is 2.82. The molecule has 35 heavy (non-hydrogen) atoms. The average Bonchev–Trinajstić information content (AvgIpc) is 3.58. The smallest absolute Gasteiger partial charge is 0.322 e. The Labute approximate surface area is 210 Å². The average molecular weight is 486 g/mol. The number of carbonyl (C=O) groups is 1. The third-order valence-electron chi connectivity index (χ3n) is 6.10. The summed E-state index contributed by atoms with van der Waals surface area (Å²) in [6.07, 6.45) is 2.49. The molecule has 4 aromatic rings. The molecule has 0 N–H and O–H groups in total. The molecule has 180 valence electrons. The van der Waals surface area contributed by atoms with Crippen LogP contribution in [0.3, 0.4) is 0 Å². The lowest BCUT2D eigenvalue weighted by Crippen LogP contribution is -2.36. The zero-order chi connectivity index (χ0) is 24.8. The normalized spacial score (nSPS) is 14.3. The van der Waals surface area contributed by atoms with Crippen molar-refractivity contribution in [3.05, 3.63) is 72.3 Å². The van der Waals surface area contributed by atoms with Gasteiger partial charge in [-0.05, 0) is 70.4 Å². The van der Waals surface area contributed by atoms with Gasteiger partial charge in [-0.3, -0.25) is 9.36 Å². The number of ether oxygens (including phenoxy) is 1. The van der Waals surface area contributed by atoms with Crippen molar-refractivity contribution in [2.75, 3.05) is 0 Å². The van der Waals surface area contributed by atoms with Gasteiger partial charge in [-0.1, -0.05) is 72.4 Å². The van der Waals surface area contributed by atoms with Crippen molar-refractivity contribution in [2.24, 2.45) is 0 Å². The second kappa shape index (κ2) is 8.83. The molecule has 0 amide bonds. The highest BCUT2D eigenvalue weighted by molar-refractivity contribution is 8.01. The summed E-state index contributed by atoms with van der Waals surface area (Å²) in [6, 6.07) is 23.0. The zero-order valence-corrected chi connectivity index (χ0v) is 21.7. The van der Waals surface area contributed by atoms with Crippen LogP contribution >= 0.6 is 11.8 Å². The Morgan fingerprint density at radius 2 is 1.54 bits per heavy atom. The number of nitrogens with zero attached hydrogens (tertiary/aromatic N) is 3. The summed E-state index contributed by atoms with van der Waals surface area (Å²) in [4.78, 5) is 13.0. The third-order valence-corrected chi connectivity index (χ3v) is 7.22. The highest BCUT2D eigenvalue weighted by Gasteiger charge is 2.36. The van der Waals surface area contributed by atoms with Gasteiger partial charge in [0.2, 0.25) is 0 Å². The van der Waals surface area contributed by atoms with E-state index in [1.54, 1.807) is 0 Å². The summed E-state index contributed by atoms with van der Waals surface area (Å²) in [5, 5.41) is 12.3. The molecule has 0 unspecified atom stereocenters. The van der Waals surface area contributed by atoms with Gasteiger partial charge >= 0.3 is 5.97 Å². The molecule has 5 rings (SSSR count). The van der Waals surface area contributed by atoms with E-state index in [9.17, 15) is 4.79 Å². The van der Waals surface area contributed by atoms with E-state index >= 15 is 0 Å². The SMILES string of the molecule is CC(C)(C)OC(=O)C(C)(C)Sc1nnc(-c2ccccc2)n1-c1ccc(C2CC2)c2ccccc12. The highest BCUT2D eigenvalue weighted by atomic mass is 32.2. The minimum absolute atomic E-state index is 0.278. The van der Waals surface area contributed by atoms with Crippen molar-refractivity contribution in [1.82, 2.24) is 14.8 Å². The van der Waals surface area contributed by atoms with E-state index in [4.69, 9.17) is 4.74 Å². The number of esters is 1. The predicted molar refractivity (Wildman–Crippen MR) is 142 cm³/mol. The molecule has 6 heteroatoms. The number of fused-ring (bicyclic) bond motifs is 1. The molecule has 1 aliphatic carbocycles. The minimum atomic E-state index is -0.851. The van der Waals surface area contributed by atoms with Gasteiger partial charge in [-0.2, -0.15) is 0 Å². The van der Waals surface area contributed by atoms with Crippen molar-refractivity contribution in [3.8, 4) is 17.1 Å². The lowest BCUT2D eigenvalue weighted by molar-refractivity contribution is -0.156. The summed E-state index contributed by atoms with van der Waals surface area (Å²) >= 11 is 1.38. The van der Waals surface area contributed by atoms with Crippen molar-refractivity contribution in [3.63, 3.8) is 0 Å². The summed E-state index contributed by atoms with van der Waals surface area (Å²) in [7, 11) is 0. The fraction of sp³-hybridized carbons (Fsp3) is 0.345. The Balaban J connectivity index is 1.66. The van der Waals surface area contributed by atoms with Crippen molar-refractivity contribution in [2.45, 2.75) is 68.9 Å². The van der Waals surface area contributed by atoms with E-state index in [2.05, 4.69) is 51.2 Å². The molecule has 0 radical (unpaired) electrons. The molecule has 1 aromatic heterocycles. The summed E-state index contributed by atoms with van der Waals surface area (Å²) in [5.74, 6) is 1.11. The fourth-order valence-electron chi connectivity index (χ4n) is 4.25. The summed E-state index contributed by atoms with van der Waals surface area (Å²) in [6.45, 7) is 9.40. The highest BCUT2D eigenvalue weighted by Crippen LogP contribution is 2.45. The van der Waals surface area contributed by atoms with E-state index in [0.717, 1.165) is 22.5 Å². The maximum atomic E-state index is 13.0. The molecule has 0 aliphatic heterocycles. The molecule has 0 saturated heterocycles. The number of thioether (sulfide) groups is 1. The van der Waals surface area contributed by atoms with Gasteiger partial charge in [-0.25, -0.2) is 0 Å². The number of benzene rings is 3. The first-order valence-electron chi connectivity index (χ1n) is 12.1. The first-order chi connectivity index (χ1) is 16.6. The Kier molecular flexibility index (Phi) is 5.96. The van der Waals surface area contributed by atoms with Crippen LogP contribution in [0.1, 0.15) is 58.9 Å². The maximum Gasteiger partial charge on any atom is 0.322 e. The van der Waals surface area contributed by atoms with Crippen LogP contribution < -0.4 is 0 Å². The van der Waals surface area contributed by atoms with Gasteiger partial charge in [0.05, 0.1) is 5.69 Å². The van der Waals surface area contributed by atoms with Crippen molar-refractivity contribution >= 4 is 28.5 Å².